The molecule has 0 aliphatic carbocycles. The molecule has 0 heterocycles. The molecule has 2 aromatic rings. The lowest BCUT2D eigenvalue weighted by Gasteiger charge is -2.14. The first kappa shape index (κ1) is 14.9. The van der Waals surface area contributed by atoms with Crippen LogP contribution in [-0.2, 0) is 6.18 Å². The van der Waals surface area contributed by atoms with Crippen LogP contribution in [-0.4, -0.2) is 0 Å². The molecule has 6 heteroatoms. The van der Waals surface area contributed by atoms with Crippen molar-refractivity contribution >= 4 is 11.4 Å². The van der Waals surface area contributed by atoms with Crippen molar-refractivity contribution in [3.63, 3.8) is 0 Å². The second kappa shape index (κ2) is 5.44. The van der Waals surface area contributed by atoms with E-state index in [2.05, 4.69) is 5.32 Å². The minimum absolute atomic E-state index is 0.125. The number of rotatable bonds is 2. The largest absolute Gasteiger partial charge is 0.416 e. The maximum absolute atomic E-state index is 13.5. The van der Waals surface area contributed by atoms with E-state index in [1.54, 1.807) is 13.0 Å². The van der Waals surface area contributed by atoms with Gasteiger partial charge in [-0.2, -0.15) is 18.4 Å². The van der Waals surface area contributed by atoms with Crippen LogP contribution in [0.25, 0.3) is 0 Å². The summed E-state index contributed by atoms with van der Waals surface area (Å²) in [5, 5.41) is 11.6. The van der Waals surface area contributed by atoms with Gasteiger partial charge in [0.2, 0.25) is 0 Å². The highest BCUT2D eigenvalue weighted by Gasteiger charge is 2.30. The lowest BCUT2D eigenvalue weighted by atomic mass is 10.1. The van der Waals surface area contributed by atoms with Crippen LogP contribution in [0, 0.1) is 24.1 Å². The molecule has 0 atom stereocenters. The Balaban J connectivity index is 2.46. The summed E-state index contributed by atoms with van der Waals surface area (Å²) in [5.41, 5.74) is -0.206. The highest BCUT2D eigenvalue weighted by Crippen LogP contribution is 2.33. The molecule has 0 radical (unpaired) electrons. The topological polar surface area (TPSA) is 35.8 Å². The van der Waals surface area contributed by atoms with Crippen LogP contribution in [0.3, 0.4) is 0 Å². The number of nitriles is 1. The molecule has 1 N–H and O–H groups in total. The number of benzene rings is 2. The summed E-state index contributed by atoms with van der Waals surface area (Å²) in [6.07, 6.45) is -4.47. The van der Waals surface area contributed by atoms with E-state index in [0.29, 0.717) is 5.56 Å². The van der Waals surface area contributed by atoms with Crippen molar-refractivity contribution in [1.29, 1.82) is 5.26 Å². The summed E-state index contributed by atoms with van der Waals surface area (Å²) in [4.78, 5) is 0. The van der Waals surface area contributed by atoms with E-state index in [0.717, 1.165) is 18.2 Å². The molecule has 0 bridgehead atoms. The molecule has 0 aromatic heterocycles. The van der Waals surface area contributed by atoms with E-state index in [-0.39, 0.29) is 16.9 Å². The highest BCUT2D eigenvalue weighted by molar-refractivity contribution is 5.69. The molecule has 0 fully saturated rings. The van der Waals surface area contributed by atoms with E-state index in [1.807, 2.05) is 0 Å². The standard InChI is InChI=1S/C15H10F4N2/c1-9-5-6-10(15(17,18)19)7-14(9)21-13-4-2-3-12(16)11(13)8-20/h2-7,21H,1H3. The van der Waals surface area contributed by atoms with Crippen LogP contribution in [0.5, 0.6) is 0 Å². The average molecular weight is 294 g/mol. The van der Waals surface area contributed by atoms with Crippen LogP contribution < -0.4 is 5.32 Å². The summed E-state index contributed by atoms with van der Waals surface area (Å²) >= 11 is 0. The summed E-state index contributed by atoms with van der Waals surface area (Å²) in [6, 6.07) is 8.83. The van der Waals surface area contributed by atoms with E-state index >= 15 is 0 Å². The minimum Gasteiger partial charge on any atom is -0.354 e. The Bertz CT molecular complexity index is 715. The van der Waals surface area contributed by atoms with Gasteiger partial charge in [-0.25, -0.2) is 4.39 Å². The quantitative estimate of drug-likeness (QED) is 0.810. The summed E-state index contributed by atoms with van der Waals surface area (Å²) in [5.74, 6) is -0.730. The van der Waals surface area contributed by atoms with Crippen LogP contribution in [0.2, 0.25) is 0 Å². The Hall–Kier alpha value is -2.55. The van der Waals surface area contributed by atoms with Gasteiger partial charge in [-0.05, 0) is 36.8 Å². The van der Waals surface area contributed by atoms with Crippen molar-refractivity contribution in [1.82, 2.24) is 0 Å². The SMILES string of the molecule is Cc1ccc(C(F)(F)F)cc1Nc1cccc(F)c1C#N. The van der Waals surface area contributed by atoms with Gasteiger partial charge < -0.3 is 5.32 Å². The zero-order valence-electron chi connectivity index (χ0n) is 10.9. The van der Waals surface area contributed by atoms with Crippen molar-refractivity contribution in [2.24, 2.45) is 0 Å². The fraction of sp³-hybridized carbons (Fsp3) is 0.133. The summed E-state index contributed by atoms with van der Waals surface area (Å²) in [7, 11) is 0. The van der Waals surface area contributed by atoms with Crippen molar-refractivity contribution < 1.29 is 17.6 Å². The number of nitrogens with zero attached hydrogens (tertiary/aromatic N) is 1. The molecule has 2 aromatic carbocycles. The molecule has 0 saturated heterocycles. The molecule has 21 heavy (non-hydrogen) atoms. The summed E-state index contributed by atoms with van der Waals surface area (Å²) in [6.45, 7) is 1.62. The fourth-order valence-electron chi connectivity index (χ4n) is 1.82. The molecule has 2 nitrogen and oxygen atoms in total. The summed E-state index contributed by atoms with van der Waals surface area (Å²) < 4.78 is 51.6. The Kier molecular flexibility index (Phi) is 3.85. The third-order valence-electron chi connectivity index (χ3n) is 2.96. The van der Waals surface area contributed by atoms with Gasteiger partial charge in [-0.3, -0.25) is 0 Å². The van der Waals surface area contributed by atoms with Gasteiger partial charge in [-0.1, -0.05) is 12.1 Å². The van der Waals surface area contributed by atoms with Crippen LogP contribution in [0.4, 0.5) is 28.9 Å². The average Bonchev–Trinajstić information content (AvgIpc) is 2.40. The van der Waals surface area contributed by atoms with Gasteiger partial charge in [0, 0.05) is 5.69 Å². The third kappa shape index (κ3) is 3.14. The highest BCUT2D eigenvalue weighted by atomic mass is 19.4. The molecule has 0 amide bonds. The number of nitrogens with one attached hydrogen (secondary N) is 1. The van der Waals surface area contributed by atoms with Gasteiger partial charge in [0.1, 0.15) is 17.4 Å². The predicted octanol–water partition coefficient (Wildman–Crippen LogP) is 4.77. The van der Waals surface area contributed by atoms with Crippen LogP contribution in [0.1, 0.15) is 16.7 Å². The van der Waals surface area contributed by atoms with E-state index in [1.165, 1.54) is 18.2 Å². The van der Waals surface area contributed by atoms with Gasteiger partial charge in [-0.15, -0.1) is 0 Å². The Labute approximate surface area is 118 Å². The van der Waals surface area contributed by atoms with Crippen molar-refractivity contribution in [3.05, 3.63) is 58.9 Å². The minimum atomic E-state index is -4.47. The van der Waals surface area contributed by atoms with E-state index in [4.69, 9.17) is 5.26 Å². The van der Waals surface area contributed by atoms with E-state index < -0.39 is 17.6 Å². The molecule has 0 spiro atoms. The zero-order chi connectivity index (χ0) is 15.6. The van der Waals surface area contributed by atoms with Crippen molar-refractivity contribution in [3.8, 4) is 6.07 Å². The molecule has 2 rings (SSSR count). The molecule has 0 aliphatic heterocycles. The first-order chi connectivity index (χ1) is 9.82. The number of hydrogen-bond acceptors (Lipinski definition) is 2. The predicted molar refractivity (Wildman–Crippen MR) is 70.6 cm³/mol. The van der Waals surface area contributed by atoms with Crippen molar-refractivity contribution in [2.75, 3.05) is 5.32 Å². The third-order valence-corrected chi connectivity index (χ3v) is 2.96. The Morgan fingerprint density at radius 1 is 1.10 bits per heavy atom. The maximum Gasteiger partial charge on any atom is 0.416 e. The molecule has 108 valence electrons. The van der Waals surface area contributed by atoms with Gasteiger partial charge in [0.25, 0.3) is 0 Å². The Morgan fingerprint density at radius 3 is 2.43 bits per heavy atom. The van der Waals surface area contributed by atoms with Gasteiger partial charge in [0.15, 0.2) is 0 Å². The van der Waals surface area contributed by atoms with E-state index in [9.17, 15) is 17.6 Å². The van der Waals surface area contributed by atoms with Crippen LogP contribution >= 0.6 is 0 Å². The first-order valence-corrected chi connectivity index (χ1v) is 5.96. The monoisotopic (exact) mass is 294 g/mol. The van der Waals surface area contributed by atoms with Crippen molar-refractivity contribution in [2.45, 2.75) is 13.1 Å². The normalized spacial score (nSPS) is 11.0. The second-order valence-electron chi connectivity index (χ2n) is 4.43. The molecule has 0 aliphatic rings. The lowest BCUT2D eigenvalue weighted by molar-refractivity contribution is -0.137. The first-order valence-electron chi connectivity index (χ1n) is 5.96. The van der Waals surface area contributed by atoms with Gasteiger partial charge in [0.05, 0.1) is 11.3 Å². The number of alkyl halides is 3. The number of halogens is 4. The number of hydrogen-bond donors (Lipinski definition) is 1. The molecular weight excluding hydrogens is 284 g/mol. The fourth-order valence-corrected chi connectivity index (χ4v) is 1.82. The Morgan fingerprint density at radius 2 is 1.81 bits per heavy atom. The maximum atomic E-state index is 13.5. The lowest BCUT2D eigenvalue weighted by Crippen LogP contribution is -2.06. The number of aryl methyl sites for hydroxylation is 1. The molecule has 0 unspecified atom stereocenters. The van der Waals surface area contributed by atoms with Crippen LogP contribution in [0.15, 0.2) is 36.4 Å². The zero-order valence-corrected chi connectivity index (χ0v) is 10.9. The molecule has 0 saturated carbocycles. The number of anilines is 2. The molecular formula is C15H10F4N2. The second-order valence-corrected chi connectivity index (χ2v) is 4.43. The smallest absolute Gasteiger partial charge is 0.354 e. The van der Waals surface area contributed by atoms with Gasteiger partial charge >= 0.3 is 6.18 Å².